The Hall–Kier alpha value is -1.35. The first-order valence-electron chi connectivity index (χ1n) is 5.18. The summed E-state index contributed by atoms with van der Waals surface area (Å²) >= 11 is 0.945. The van der Waals surface area contributed by atoms with Crippen molar-refractivity contribution < 1.29 is 17.9 Å². The zero-order valence-electron chi connectivity index (χ0n) is 9.70. The van der Waals surface area contributed by atoms with E-state index in [9.17, 15) is 13.2 Å². The maximum Gasteiger partial charge on any atom is 0.160 e. The Morgan fingerprint density at radius 2 is 2.11 bits per heavy atom. The highest BCUT2D eigenvalue weighted by Gasteiger charge is 2.21. The molecule has 0 aliphatic rings. The smallest absolute Gasteiger partial charge is 0.160 e. The fraction of sp³-hybridized carbons (Fsp3) is 0.417. The standard InChI is InChI=1S/C12H12F3NOS/c1-17-11-4-2-3-8(6-16)12(11)18-7-10(15)9(14)5-13/h2-4,9-10H,5,7H2,1H3. The molecular formula is C12H12F3NOS. The van der Waals surface area contributed by atoms with E-state index in [4.69, 9.17) is 10.00 Å². The second kappa shape index (κ2) is 7.17. The van der Waals surface area contributed by atoms with E-state index < -0.39 is 19.0 Å². The van der Waals surface area contributed by atoms with Crippen molar-refractivity contribution in [2.45, 2.75) is 17.2 Å². The lowest BCUT2D eigenvalue weighted by Crippen LogP contribution is -2.21. The van der Waals surface area contributed by atoms with Crippen molar-refractivity contribution in [1.29, 1.82) is 5.26 Å². The number of thioether (sulfide) groups is 1. The molecule has 0 saturated heterocycles. The van der Waals surface area contributed by atoms with Crippen molar-refractivity contribution in [2.24, 2.45) is 0 Å². The summed E-state index contributed by atoms with van der Waals surface area (Å²) in [5, 5.41) is 8.91. The van der Waals surface area contributed by atoms with Crippen LogP contribution in [0.4, 0.5) is 13.2 Å². The van der Waals surface area contributed by atoms with Crippen molar-refractivity contribution in [3.8, 4) is 11.8 Å². The van der Waals surface area contributed by atoms with Crippen molar-refractivity contribution >= 4 is 11.8 Å². The van der Waals surface area contributed by atoms with Gasteiger partial charge in [0.25, 0.3) is 0 Å². The lowest BCUT2D eigenvalue weighted by atomic mass is 10.2. The summed E-state index contributed by atoms with van der Waals surface area (Å²) in [5.74, 6) is 0.155. The number of alkyl halides is 3. The Bertz CT molecular complexity index is 436. The highest BCUT2D eigenvalue weighted by atomic mass is 32.2. The third-order valence-electron chi connectivity index (χ3n) is 2.25. The molecule has 0 N–H and O–H groups in total. The molecule has 0 fully saturated rings. The summed E-state index contributed by atoms with van der Waals surface area (Å²) in [7, 11) is 1.42. The second-order valence-electron chi connectivity index (χ2n) is 3.45. The van der Waals surface area contributed by atoms with E-state index in [1.807, 2.05) is 6.07 Å². The number of benzene rings is 1. The Morgan fingerprint density at radius 3 is 2.67 bits per heavy atom. The van der Waals surface area contributed by atoms with Gasteiger partial charge in [0.2, 0.25) is 0 Å². The van der Waals surface area contributed by atoms with Gasteiger partial charge in [-0.15, -0.1) is 11.8 Å². The van der Waals surface area contributed by atoms with Gasteiger partial charge in [0.15, 0.2) is 6.17 Å². The first kappa shape index (κ1) is 14.7. The highest BCUT2D eigenvalue weighted by molar-refractivity contribution is 7.99. The average molecular weight is 275 g/mol. The first-order chi connectivity index (χ1) is 8.63. The summed E-state index contributed by atoms with van der Waals surface area (Å²) in [6, 6.07) is 6.76. The Labute approximate surface area is 108 Å². The number of hydrogen-bond acceptors (Lipinski definition) is 3. The van der Waals surface area contributed by atoms with E-state index in [-0.39, 0.29) is 5.75 Å². The van der Waals surface area contributed by atoms with Crippen LogP contribution in [0.2, 0.25) is 0 Å². The maximum absolute atomic E-state index is 13.2. The van der Waals surface area contributed by atoms with Crippen LogP contribution in [0.5, 0.6) is 5.75 Å². The summed E-state index contributed by atoms with van der Waals surface area (Å²) in [5.41, 5.74) is 0.321. The number of halogens is 3. The Balaban J connectivity index is 2.81. The van der Waals surface area contributed by atoms with Gasteiger partial charge in [-0.1, -0.05) is 6.07 Å². The third kappa shape index (κ3) is 3.57. The van der Waals surface area contributed by atoms with E-state index in [0.717, 1.165) is 11.8 Å². The molecule has 2 unspecified atom stereocenters. The zero-order chi connectivity index (χ0) is 13.5. The molecule has 0 aliphatic carbocycles. The van der Waals surface area contributed by atoms with Gasteiger partial charge in [-0.3, -0.25) is 0 Å². The largest absolute Gasteiger partial charge is 0.496 e. The molecular weight excluding hydrogens is 263 g/mol. The molecule has 0 spiro atoms. The molecule has 0 bridgehead atoms. The quantitative estimate of drug-likeness (QED) is 0.747. The molecule has 18 heavy (non-hydrogen) atoms. The molecule has 1 aromatic carbocycles. The van der Waals surface area contributed by atoms with Gasteiger partial charge in [-0.25, -0.2) is 13.2 Å². The molecule has 6 heteroatoms. The summed E-state index contributed by atoms with van der Waals surface area (Å²) in [6.07, 6.45) is -4.03. The van der Waals surface area contributed by atoms with Gasteiger partial charge < -0.3 is 4.74 Å². The van der Waals surface area contributed by atoms with Crippen LogP contribution in [-0.2, 0) is 0 Å². The number of hydrogen-bond donors (Lipinski definition) is 0. The van der Waals surface area contributed by atoms with E-state index in [1.165, 1.54) is 7.11 Å². The number of nitriles is 1. The topological polar surface area (TPSA) is 33.0 Å². The van der Waals surface area contributed by atoms with Crippen LogP contribution in [0.3, 0.4) is 0 Å². The predicted molar refractivity (Wildman–Crippen MR) is 64.2 cm³/mol. The lowest BCUT2D eigenvalue weighted by Gasteiger charge is -2.13. The van der Waals surface area contributed by atoms with Crippen molar-refractivity contribution in [1.82, 2.24) is 0 Å². The van der Waals surface area contributed by atoms with Crippen molar-refractivity contribution in [3.05, 3.63) is 23.8 Å². The van der Waals surface area contributed by atoms with Crippen LogP contribution in [-0.4, -0.2) is 31.9 Å². The van der Waals surface area contributed by atoms with Crippen molar-refractivity contribution in [2.75, 3.05) is 19.5 Å². The minimum absolute atomic E-state index is 0.264. The predicted octanol–water partition coefficient (Wildman–Crippen LogP) is 3.30. The number of rotatable bonds is 6. The van der Waals surface area contributed by atoms with E-state index >= 15 is 0 Å². The summed E-state index contributed by atoms with van der Waals surface area (Å²) in [4.78, 5) is 0.441. The average Bonchev–Trinajstić information content (AvgIpc) is 2.43. The first-order valence-corrected chi connectivity index (χ1v) is 6.16. The molecule has 0 aliphatic heterocycles. The summed E-state index contributed by atoms with van der Waals surface area (Å²) < 4.78 is 42.9. The van der Waals surface area contributed by atoms with Crippen molar-refractivity contribution in [3.63, 3.8) is 0 Å². The van der Waals surface area contributed by atoms with Crippen LogP contribution in [0.1, 0.15) is 5.56 Å². The fourth-order valence-electron chi connectivity index (χ4n) is 1.28. The Kier molecular flexibility index (Phi) is 5.86. The molecule has 1 aromatic rings. The third-order valence-corrected chi connectivity index (χ3v) is 3.44. The maximum atomic E-state index is 13.2. The lowest BCUT2D eigenvalue weighted by molar-refractivity contribution is 0.153. The number of nitrogens with zero attached hydrogens (tertiary/aromatic N) is 1. The van der Waals surface area contributed by atoms with Crippen LogP contribution in [0, 0.1) is 11.3 Å². The molecule has 1 rings (SSSR count). The number of methoxy groups -OCH3 is 1. The van der Waals surface area contributed by atoms with Gasteiger partial charge in [-0.2, -0.15) is 5.26 Å². The number of ether oxygens (including phenoxy) is 1. The van der Waals surface area contributed by atoms with Gasteiger partial charge in [0.1, 0.15) is 24.7 Å². The second-order valence-corrected chi connectivity index (χ2v) is 4.48. The van der Waals surface area contributed by atoms with Gasteiger partial charge >= 0.3 is 0 Å². The molecule has 0 heterocycles. The van der Waals surface area contributed by atoms with Crippen LogP contribution in [0.15, 0.2) is 23.1 Å². The normalized spacial score (nSPS) is 13.7. The van der Waals surface area contributed by atoms with Gasteiger partial charge in [0, 0.05) is 5.75 Å². The van der Waals surface area contributed by atoms with Gasteiger partial charge in [-0.05, 0) is 12.1 Å². The van der Waals surface area contributed by atoms with Crippen LogP contribution in [0.25, 0.3) is 0 Å². The summed E-state index contributed by atoms with van der Waals surface area (Å²) in [6.45, 7) is -1.35. The minimum Gasteiger partial charge on any atom is -0.496 e. The van der Waals surface area contributed by atoms with Crippen LogP contribution < -0.4 is 4.74 Å². The fourth-order valence-corrected chi connectivity index (χ4v) is 2.38. The molecule has 2 atom stereocenters. The zero-order valence-corrected chi connectivity index (χ0v) is 10.5. The molecule has 0 saturated carbocycles. The van der Waals surface area contributed by atoms with Crippen LogP contribution >= 0.6 is 11.8 Å². The van der Waals surface area contributed by atoms with E-state index in [0.29, 0.717) is 16.2 Å². The minimum atomic E-state index is -2.13. The van der Waals surface area contributed by atoms with E-state index in [2.05, 4.69) is 0 Å². The van der Waals surface area contributed by atoms with E-state index in [1.54, 1.807) is 18.2 Å². The molecule has 98 valence electrons. The van der Waals surface area contributed by atoms with Gasteiger partial charge in [0.05, 0.1) is 17.6 Å². The highest BCUT2D eigenvalue weighted by Crippen LogP contribution is 2.33. The SMILES string of the molecule is COc1cccc(C#N)c1SCC(F)C(F)CF. The monoisotopic (exact) mass is 275 g/mol. The molecule has 0 aromatic heterocycles. The molecule has 0 amide bonds. The molecule has 0 radical (unpaired) electrons. The Morgan fingerprint density at radius 1 is 1.39 bits per heavy atom. The molecule has 2 nitrogen and oxygen atoms in total.